The van der Waals surface area contributed by atoms with Crippen molar-refractivity contribution >= 4 is 11.8 Å². The average Bonchev–Trinajstić information content (AvgIpc) is 3.05. The molecule has 44 heavy (non-hydrogen) atoms. The van der Waals surface area contributed by atoms with Gasteiger partial charge in [-0.1, -0.05) is 55.9 Å². The van der Waals surface area contributed by atoms with Crippen LogP contribution in [0.2, 0.25) is 0 Å². The Labute approximate surface area is 266 Å². The summed E-state index contributed by atoms with van der Waals surface area (Å²) >= 11 is 1.66. The summed E-state index contributed by atoms with van der Waals surface area (Å²) in [5, 5.41) is 18.7. The van der Waals surface area contributed by atoms with Crippen molar-refractivity contribution < 1.29 is 18.9 Å². The van der Waals surface area contributed by atoms with Gasteiger partial charge < -0.3 is 34.5 Å². The van der Waals surface area contributed by atoms with Gasteiger partial charge in [0.1, 0.15) is 5.75 Å². The smallest absolute Gasteiger partial charge is 0.203 e. The SMILES string of the molecule is COc1cc(C2CNCCN2CCCCOc2cccc(C3(C(C)C)Sc4ccccc4C(C)N3[O-])c2)cc(OC)c1OC. The maximum atomic E-state index is 13.9. The molecule has 0 aliphatic carbocycles. The number of unbranched alkanes of at least 4 members (excludes halogenated alkanes) is 1. The van der Waals surface area contributed by atoms with Crippen LogP contribution in [-0.2, 0) is 4.87 Å². The van der Waals surface area contributed by atoms with Gasteiger partial charge in [-0.15, -0.1) is 0 Å². The van der Waals surface area contributed by atoms with E-state index in [1.54, 1.807) is 33.1 Å². The number of hydrogen-bond acceptors (Lipinski definition) is 9. The lowest BCUT2D eigenvalue weighted by Crippen LogP contribution is -2.47. The highest BCUT2D eigenvalue weighted by Gasteiger charge is 2.44. The summed E-state index contributed by atoms with van der Waals surface area (Å²) in [6, 6.07) is 20.5. The highest BCUT2D eigenvalue weighted by molar-refractivity contribution is 8.00. The zero-order valence-corrected chi connectivity index (χ0v) is 27.6. The van der Waals surface area contributed by atoms with Crippen LogP contribution >= 0.6 is 11.8 Å². The van der Waals surface area contributed by atoms with Crippen molar-refractivity contribution in [2.24, 2.45) is 5.92 Å². The van der Waals surface area contributed by atoms with Crippen molar-refractivity contribution in [1.29, 1.82) is 0 Å². The van der Waals surface area contributed by atoms with Gasteiger partial charge in [0, 0.05) is 36.6 Å². The van der Waals surface area contributed by atoms with Crippen LogP contribution in [0.3, 0.4) is 0 Å². The molecular weight excluding hydrogens is 574 g/mol. The molecule has 9 heteroatoms. The quantitative estimate of drug-likeness (QED) is 0.216. The monoisotopic (exact) mass is 620 g/mol. The first-order chi connectivity index (χ1) is 21.3. The van der Waals surface area contributed by atoms with Gasteiger partial charge in [0.2, 0.25) is 5.75 Å². The molecular formula is C35H46N3O5S-. The molecule has 5 rings (SSSR count). The van der Waals surface area contributed by atoms with Gasteiger partial charge in [-0.25, -0.2) is 0 Å². The number of hydrogen-bond donors (Lipinski definition) is 1. The number of thioether (sulfide) groups is 1. The minimum Gasteiger partial charge on any atom is -0.784 e. The van der Waals surface area contributed by atoms with Crippen molar-refractivity contribution in [1.82, 2.24) is 15.3 Å². The van der Waals surface area contributed by atoms with Gasteiger partial charge >= 0.3 is 0 Å². The lowest BCUT2D eigenvalue weighted by molar-refractivity contribution is 0.133. The molecule has 1 N–H and O–H groups in total. The number of ether oxygens (including phenoxy) is 4. The maximum absolute atomic E-state index is 13.9. The molecule has 1 saturated heterocycles. The van der Waals surface area contributed by atoms with E-state index in [1.807, 2.05) is 25.1 Å². The van der Waals surface area contributed by atoms with E-state index in [0.29, 0.717) is 23.9 Å². The minimum absolute atomic E-state index is 0.0914. The standard InChI is InChI=1S/C35H46N3O5S/c1-24(2)35(38(39)25(3)29-14-7-8-15-33(29)44-35)27-12-11-13-28(22-27)43-19-10-9-17-37-18-16-36-23-30(37)26-20-31(40-4)34(42-6)32(21-26)41-5/h7-8,11-15,20-22,24-25,30,36H,9-10,16-19,23H2,1-6H3/q-1. The lowest BCUT2D eigenvalue weighted by Gasteiger charge is -2.57. The van der Waals surface area contributed by atoms with Crippen LogP contribution in [-0.4, -0.2) is 64.1 Å². The summed E-state index contributed by atoms with van der Waals surface area (Å²) in [6.07, 6.45) is 1.94. The molecule has 3 unspecified atom stereocenters. The van der Waals surface area contributed by atoms with Crippen molar-refractivity contribution in [3.63, 3.8) is 0 Å². The first-order valence-corrected chi connectivity index (χ1v) is 16.4. The summed E-state index contributed by atoms with van der Waals surface area (Å²) in [5.74, 6) is 2.86. The fourth-order valence-corrected chi connectivity index (χ4v) is 8.06. The van der Waals surface area contributed by atoms with E-state index in [1.165, 1.54) is 9.96 Å². The van der Waals surface area contributed by atoms with Gasteiger partial charge in [-0.3, -0.25) is 4.90 Å². The van der Waals surface area contributed by atoms with E-state index < -0.39 is 4.87 Å². The molecule has 0 saturated carbocycles. The second-order valence-electron chi connectivity index (χ2n) is 11.8. The number of piperazine rings is 1. The predicted octanol–water partition coefficient (Wildman–Crippen LogP) is 6.99. The Balaban J connectivity index is 1.22. The van der Waals surface area contributed by atoms with Gasteiger partial charge in [-0.05, 0) is 79.3 Å². The lowest BCUT2D eigenvalue weighted by atomic mass is 9.92. The Morgan fingerprint density at radius 3 is 2.43 bits per heavy atom. The highest BCUT2D eigenvalue weighted by Crippen LogP contribution is 2.57. The van der Waals surface area contributed by atoms with E-state index in [4.69, 9.17) is 18.9 Å². The number of nitrogens with one attached hydrogen (secondary N) is 1. The van der Waals surface area contributed by atoms with Crippen LogP contribution in [0.25, 0.3) is 0 Å². The normalized spacial score (nSPS) is 22.5. The molecule has 0 amide bonds. The van der Waals surface area contributed by atoms with Gasteiger partial charge in [-0.2, -0.15) is 0 Å². The molecule has 8 nitrogen and oxygen atoms in total. The summed E-state index contributed by atoms with van der Waals surface area (Å²) < 4.78 is 23.0. The van der Waals surface area contributed by atoms with E-state index in [-0.39, 0.29) is 18.0 Å². The second-order valence-corrected chi connectivity index (χ2v) is 13.1. The second kappa shape index (κ2) is 14.4. The molecule has 0 bridgehead atoms. The topological polar surface area (TPSA) is 78.5 Å². The van der Waals surface area contributed by atoms with Gasteiger partial charge in [0.25, 0.3) is 0 Å². The Morgan fingerprint density at radius 1 is 0.977 bits per heavy atom. The molecule has 238 valence electrons. The largest absolute Gasteiger partial charge is 0.784 e. The van der Waals surface area contributed by atoms with E-state index in [0.717, 1.165) is 61.5 Å². The van der Waals surface area contributed by atoms with Crippen molar-refractivity contribution in [2.75, 3.05) is 54.1 Å². The summed E-state index contributed by atoms with van der Waals surface area (Å²) in [7, 11) is 4.93. The number of benzene rings is 3. The first kappa shape index (κ1) is 32.4. The number of methoxy groups -OCH3 is 3. The highest BCUT2D eigenvalue weighted by atomic mass is 32.2. The Morgan fingerprint density at radius 2 is 1.73 bits per heavy atom. The van der Waals surface area contributed by atoms with Crippen molar-refractivity contribution in [3.05, 3.63) is 82.6 Å². The number of fused-ring (bicyclic) bond motifs is 1. The van der Waals surface area contributed by atoms with E-state index in [9.17, 15) is 5.21 Å². The van der Waals surface area contributed by atoms with Gasteiger partial charge in [0.15, 0.2) is 11.5 Å². The number of rotatable bonds is 12. The molecule has 0 aromatic heterocycles. The molecule has 2 aliphatic rings. The van der Waals surface area contributed by atoms with E-state index in [2.05, 4.69) is 66.5 Å². The zero-order valence-electron chi connectivity index (χ0n) is 26.8. The molecule has 3 aromatic carbocycles. The molecule has 2 heterocycles. The summed E-state index contributed by atoms with van der Waals surface area (Å²) in [4.78, 5) is 2.97. The third-order valence-corrected chi connectivity index (χ3v) is 10.7. The van der Waals surface area contributed by atoms with E-state index >= 15 is 0 Å². The fraction of sp³-hybridized carbons (Fsp3) is 0.486. The summed E-state index contributed by atoms with van der Waals surface area (Å²) in [6.45, 7) is 10.6. The predicted molar refractivity (Wildman–Crippen MR) is 177 cm³/mol. The van der Waals surface area contributed by atoms with Crippen LogP contribution in [0.5, 0.6) is 23.0 Å². The minimum atomic E-state index is -0.725. The van der Waals surface area contributed by atoms with Crippen LogP contribution in [0.1, 0.15) is 62.4 Å². The Hall–Kier alpha value is -2.95. The van der Waals surface area contributed by atoms with Crippen LogP contribution < -0.4 is 24.3 Å². The van der Waals surface area contributed by atoms with Crippen molar-refractivity contribution in [3.8, 4) is 23.0 Å². The van der Waals surface area contributed by atoms with Crippen LogP contribution in [0.15, 0.2) is 65.6 Å². The molecule has 0 radical (unpaired) electrons. The number of nitrogens with zero attached hydrogens (tertiary/aromatic N) is 2. The van der Waals surface area contributed by atoms with Gasteiger partial charge in [0.05, 0.1) is 32.8 Å². The van der Waals surface area contributed by atoms with Crippen molar-refractivity contribution in [2.45, 2.75) is 55.5 Å². The summed E-state index contributed by atoms with van der Waals surface area (Å²) in [5.41, 5.74) is 3.22. The fourth-order valence-electron chi connectivity index (χ4n) is 6.49. The van der Waals surface area contributed by atoms with Crippen LogP contribution in [0, 0.1) is 11.1 Å². The molecule has 1 fully saturated rings. The zero-order chi connectivity index (χ0) is 31.3. The average molecular weight is 621 g/mol. The molecule has 3 aromatic rings. The first-order valence-electron chi connectivity index (χ1n) is 15.6. The Kier molecular flexibility index (Phi) is 10.6. The maximum Gasteiger partial charge on any atom is 0.203 e. The molecule has 2 aliphatic heterocycles. The number of hydroxylamine groups is 2. The third kappa shape index (κ3) is 6.39. The molecule has 0 spiro atoms. The third-order valence-electron chi connectivity index (χ3n) is 8.88. The van der Waals surface area contributed by atoms with Crippen LogP contribution in [0.4, 0.5) is 0 Å². The molecule has 3 atom stereocenters. The Bertz CT molecular complexity index is 1380.